The Bertz CT molecular complexity index is 804. The maximum atomic E-state index is 12.4. The molecule has 8 heteroatoms. The van der Waals surface area contributed by atoms with Gasteiger partial charge in [0.15, 0.2) is 0 Å². The van der Waals surface area contributed by atoms with Crippen LogP contribution in [-0.2, 0) is 11.3 Å². The number of carbonyl (C=O) groups excluding carboxylic acids is 1. The lowest BCUT2D eigenvalue weighted by atomic mass is 9.96. The zero-order chi connectivity index (χ0) is 18.6. The molecule has 2 rings (SSSR count). The second kappa shape index (κ2) is 8.36. The van der Waals surface area contributed by atoms with E-state index in [1.807, 2.05) is 38.1 Å². The molecule has 1 heterocycles. The molecule has 0 radical (unpaired) electrons. The highest BCUT2D eigenvalue weighted by Crippen LogP contribution is 2.24. The van der Waals surface area contributed by atoms with Crippen LogP contribution in [0, 0.1) is 5.92 Å². The average molecular weight is 384 g/mol. The molecule has 0 saturated heterocycles. The third kappa shape index (κ3) is 4.74. The van der Waals surface area contributed by atoms with Gasteiger partial charge in [0.1, 0.15) is 17.3 Å². The Morgan fingerprint density at radius 3 is 2.48 bits per heavy atom. The lowest BCUT2D eigenvalue weighted by Crippen LogP contribution is -2.37. The van der Waals surface area contributed by atoms with Gasteiger partial charge in [0.2, 0.25) is 5.91 Å². The molecule has 0 saturated carbocycles. The normalized spacial score (nSPS) is 12.1. The van der Waals surface area contributed by atoms with Gasteiger partial charge >= 0.3 is 0 Å². The Labute approximate surface area is 155 Å². The van der Waals surface area contributed by atoms with Crippen LogP contribution in [0.4, 0.5) is 0 Å². The monoisotopic (exact) mass is 383 g/mol. The molecule has 0 fully saturated rings. The number of hydrogen-bond donors (Lipinski definition) is 1. The molecule has 0 aliphatic rings. The number of aromatic nitrogens is 2. The third-order valence-corrected chi connectivity index (χ3v) is 4.44. The number of methoxy groups -OCH3 is 1. The first-order valence-corrected chi connectivity index (χ1v) is 8.43. The van der Waals surface area contributed by atoms with E-state index in [4.69, 9.17) is 27.9 Å². The van der Waals surface area contributed by atoms with Gasteiger partial charge < -0.3 is 10.1 Å². The second-order valence-electron chi connectivity index (χ2n) is 5.83. The van der Waals surface area contributed by atoms with Gasteiger partial charge in [0.25, 0.3) is 5.56 Å². The predicted octanol–water partition coefficient (Wildman–Crippen LogP) is 3.07. The van der Waals surface area contributed by atoms with Crippen LogP contribution in [0.5, 0.6) is 5.75 Å². The molecule has 2 aromatic rings. The van der Waals surface area contributed by atoms with Crippen LogP contribution in [0.25, 0.3) is 0 Å². The lowest BCUT2D eigenvalue weighted by molar-refractivity contribution is -0.123. The Hall–Kier alpha value is -2.05. The molecule has 1 N–H and O–H groups in total. The van der Waals surface area contributed by atoms with Crippen molar-refractivity contribution in [2.45, 2.75) is 26.4 Å². The van der Waals surface area contributed by atoms with Crippen LogP contribution >= 0.6 is 23.2 Å². The molecule has 1 atom stereocenters. The molecular weight excluding hydrogens is 365 g/mol. The first kappa shape index (κ1) is 19.3. The maximum Gasteiger partial charge on any atom is 0.287 e. The molecular formula is C17H19Cl2N3O3. The van der Waals surface area contributed by atoms with Crippen LogP contribution in [0.2, 0.25) is 10.0 Å². The standard InChI is InChI=1S/C17H19Cl2N3O3/c1-10(2)16(11-4-6-12(25-3)7-5-11)21-14(23)9-22-17(24)15(19)13(18)8-20-22/h4-8,10,16H,9H2,1-3H3,(H,21,23). The van der Waals surface area contributed by atoms with Crippen molar-refractivity contribution in [2.24, 2.45) is 5.92 Å². The Morgan fingerprint density at radius 2 is 1.92 bits per heavy atom. The number of nitrogens with zero attached hydrogens (tertiary/aromatic N) is 2. The maximum absolute atomic E-state index is 12.4. The fourth-order valence-electron chi connectivity index (χ4n) is 2.36. The number of benzene rings is 1. The first-order valence-electron chi connectivity index (χ1n) is 7.68. The summed E-state index contributed by atoms with van der Waals surface area (Å²) in [6.45, 7) is 3.76. The van der Waals surface area contributed by atoms with Crippen LogP contribution in [0.3, 0.4) is 0 Å². The number of ether oxygens (including phenoxy) is 1. The topological polar surface area (TPSA) is 73.2 Å². The van der Waals surface area contributed by atoms with Gasteiger partial charge in [-0.25, -0.2) is 4.68 Å². The molecule has 1 aromatic carbocycles. The van der Waals surface area contributed by atoms with Gasteiger partial charge in [-0.15, -0.1) is 0 Å². The molecule has 134 valence electrons. The minimum atomic E-state index is -0.602. The number of carbonyl (C=O) groups is 1. The van der Waals surface area contributed by atoms with E-state index in [2.05, 4.69) is 10.4 Å². The number of rotatable bonds is 6. The van der Waals surface area contributed by atoms with E-state index in [1.165, 1.54) is 6.20 Å². The van der Waals surface area contributed by atoms with Crippen molar-refractivity contribution in [3.63, 3.8) is 0 Å². The summed E-state index contributed by atoms with van der Waals surface area (Å²) in [5.41, 5.74) is 0.341. The summed E-state index contributed by atoms with van der Waals surface area (Å²) in [6.07, 6.45) is 1.24. The van der Waals surface area contributed by atoms with Crippen molar-refractivity contribution in [1.82, 2.24) is 15.1 Å². The Morgan fingerprint density at radius 1 is 1.28 bits per heavy atom. The fourth-order valence-corrected chi connectivity index (χ4v) is 2.63. The molecule has 0 spiro atoms. The van der Waals surface area contributed by atoms with E-state index >= 15 is 0 Å². The van der Waals surface area contributed by atoms with E-state index in [1.54, 1.807) is 7.11 Å². The summed E-state index contributed by atoms with van der Waals surface area (Å²) >= 11 is 11.5. The van der Waals surface area contributed by atoms with Crippen molar-refractivity contribution in [2.75, 3.05) is 7.11 Å². The molecule has 0 aliphatic heterocycles. The van der Waals surface area contributed by atoms with E-state index in [-0.39, 0.29) is 34.5 Å². The SMILES string of the molecule is COc1ccc(C(NC(=O)Cn2ncc(Cl)c(Cl)c2=O)C(C)C)cc1. The Kier molecular flexibility index (Phi) is 6.45. The number of amides is 1. The van der Waals surface area contributed by atoms with Crippen molar-refractivity contribution in [3.8, 4) is 5.75 Å². The van der Waals surface area contributed by atoms with Gasteiger partial charge in [-0.05, 0) is 23.6 Å². The van der Waals surface area contributed by atoms with E-state index in [0.717, 1.165) is 16.0 Å². The summed E-state index contributed by atoms with van der Waals surface area (Å²) in [7, 11) is 1.60. The van der Waals surface area contributed by atoms with Gasteiger partial charge in [-0.3, -0.25) is 9.59 Å². The van der Waals surface area contributed by atoms with Crippen LogP contribution in [0.1, 0.15) is 25.5 Å². The highest BCUT2D eigenvalue weighted by molar-refractivity contribution is 6.41. The third-order valence-electron chi connectivity index (χ3n) is 3.69. The quantitative estimate of drug-likeness (QED) is 0.831. The van der Waals surface area contributed by atoms with Gasteiger partial charge in [-0.2, -0.15) is 5.10 Å². The number of nitrogens with one attached hydrogen (secondary N) is 1. The van der Waals surface area contributed by atoms with Crippen LogP contribution in [-0.4, -0.2) is 22.8 Å². The summed E-state index contributed by atoms with van der Waals surface area (Å²) < 4.78 is 6.13. The molecule has 25 heavy (non-hydrogen) atoms. The largest absolute Gasteiger partial charge is 0.497 e. The summed E-state index contributed by atoms with van der Waals surface area (Å²) in [4.78, 5) is 24.3. The molecule has 6 nitrogen and oxygen atoms in total. The zero-order valence-corrected chi connectivity index (χ0v) is 15.6. The molecule has 0 bridgehead atoms. The van der Waals surface area contributed by atoms with Crippen LogP contribution in [0.15, 0.2) is 35.3 Å². The predicted molar refractivity (Wildman–Crippen MR) is 97.2 cm³/mol. The van der Waals surface area contributed by atoms with Crippen molar-refractivity contribution >= 4 is 29.1 Å². The molecule has 1 aromatic heterocycles. The minimum absolute atomic E-state index is 0.0571. The zero-order valence-electron chi connectivity index (χ0n) is 14.1. The van der Waals surface area contributed by atoms with E-state index < -0.39 is 5.56 Å². The highest BCUT2D eigenvalue weighted by Gasteiger charge is 2.19. The van der Waals surface area contributed by atoms with Crippen LogP contribution < -0.4 is 15.6 Å². The number of hydrogen-bond acceptors (Lipinski definition) is 4. The van der Waals surface area contributed by atoms with E-state index in [0.29, 0.717) is 0 Å². The highest BCUT2D eigenvalue weighted by atomic mass is 35.5. The summed E-state index contributed by atoms with van der Waals surface area (Å²) in [6, 6.07) is 7.25. The van der Waals surface area contributed by atoms with Crippen molar-refractivity contribution < 1.29 is 9.53 Å². The van der Waals surface area contributed by atoms with Gasteiger partial charge in [-0.1, -0.05) is 49.2 Å². The van der Waals surface area contributed by atoms with Crippen molar-refractivity contribution in [3.05, 3.63) is 56.4 Å². The Balaban J connectivity index is 2.15. The smallest absolute Gasteiger partial charge is 0.287 e. The van der Waals surface area contributed by atoms with Gasteiger partial charge in [0.05, 0.1) is 24.4 Å². The first-order chi connectivity index (χ1) is 11.8. The lowest BCUT2D eigenvalue weighted by Gasteiger charge is -2.23. The second-order valence-corrected chi connectivity index (χ2v) is 6.62. The van der Waals surface area contributed by atoms with Gasteiger partial charge in [0, 0.05) is 0 Å². The molecule has 1 unspecified atom stereocenters. The average Bonchev–Trinajstić information content (AvgIpc) is 2.60. The minimum Gasteiger partial charge on any atom is -0.497 e. The summed E-state index contributed by atoms with van der Waals surface area (Å²) in [5.74, 6) is 0.544. The molecule has 1 amide bonds. The van der Waals surface area contributed by atoms with Crippen molar-refractivity contribution in [1.29, 1.82) is 0 Å². The van der Waals surface area contributed by atoms with E-state index in [9.17, 15) is 9.59 Å². The number of halogens is 2. The summed E-state index contributed by atoms with van der Waals surface area (Å²) in [5, 5.41) is 6.67. The fraction of sp³-hybridized carbons (Fsp3) is 0.353. The molecule has 0 aliphatic carbocycles.